The molecule has 0 heterocycles. The van der Waals surface area contributed by atoms with Gasteiger partial charge in [-0.3, -0.25) is 9.59 Å². The molecule has 0 radical (unpaired) electrons. The normalized spacial score (nSPS) is 11.6. The smallest absolute Gasteiger partial charge is 0.480 e. The molecule has 0 saturated heterocycles. The molecule has 0 amide bonds. The molecule has 1 atom stereocenters. The minimum Gasteiger partial charge on any atom is -0.480 e. The number of carbonyl (C=O) groups is 3. The fraction of sp³-hybridized carbons (Fsp3) is 0.500. The van der Waals surface area contributed by atoms with Gasteiger partial charge in [0.25, 0.3) is 0 Å². The van der Waals surface area contributed by atoms with Gasteiger partial charge >= 0.3 is 24.1 Å². The number of aliphatic carboxylic acids is 2. The molecule has 0 aromatic heterocycles. The van der Waals surface area contributed by atoms with Gasteiger partial charge in [-0.25, -0.2) is 4.79 Å². The zero-order valence-electron chi connectivity index (χ0n) is 10.2. The Morgan fingerprint density at radius 2 is 1.75 bits per heavy atom. The van der Waals surface area contributed by atoms with Crippen molar-refractivity contribution in [3.63, 3.8) is 0 Å². The Morgan fingerprint density at radius 3 is 2.05 bits per heavy atom. The molecular formula is C10H14F3NO6. The number of hydrogen-bond acceptors (Lipinski definition) is 5. The molecule has 20 heavy (non-hydrogen) atoms. The number of rotatable bonds is 6. The monoisotopic (exact) mass is 301 g/mol. The zero-order chi connectivity index (χ0) is 16.3. The van der Waals surface area contributed by atoms with Crippen molar-refractivity contribution in [1.82, 2.24) is 0 Å². The highest BCUT2D eigenvalue weighted by Gasteiger charge is 2.38. The molecule has 0 spiro atoms. The van der Waals surface area contributed by atoms with E-state index in [0.717, 1.165) is 0 Å². The standard InChI is InChI=1S/C8H13NO4.C2HF3O2/c1-2-5-13-7(10)4-3-6(9)8(11)12;3-2(4,5)1(6)7/h2,6H,1,3-5,9H2,(H,11,12);(H,6,7)/t6-;/m1./s1. The molecule has 0 aliphatic carbocycles. The third-order valence-electron chi connectivity index (χ3n) is 1.58. The van der Waals surface area contributed by atoms with E-state index in [1.54, 1.807) is 0 Å². The maximum absolute atomic E-state index is 10.8. The van der Waals surface area contributed by atoms with Crippen LogP contribution in [0, 0.1) is 0 Å². The summed E-state index contributed by atoms with van der Waals surface area (Å²) in [6, 6.07) is -1.00. The van der Waals surface area contributed by atoms with Crippen LogP contribution >= 0.6 is 0 Å². The number of carbonyl (C=O) groups excluding carboxylic acids is 1. The second-order valence-electron chi connectivity index (χ2n) is 3.26. The molecule has 0 saturated carbocycles. The Kier molecular flexibility index (Phi) is 9.89. The molecular weight excluding hydrogens is 287 g/mol. The lowest BCUT2D eigenvalue weighted by Gasteiger charge is -2.05. The van der Waals surface area contributed by atoms with Crippen LogP contribution in [0.4, 0.5) is 13.2 Å². The summed E-state index contributed by atoms with van der Waals surface area (Å²) >= 11 is 0. The molecule has 0 aliphatic heterocycles. The van der Waals surface area contributed by atoms with E-state index in [1.807, 2.05) is 0 Å². The summed E-state index contributed by atoms with van der Waals surface area (Å²) in [5, 5.41) is 15.5. The Hall–Kier alpha value is -2.10. The number of carboxylic acid groups (broad SMARTS) is 2. The van der Waals surface area contributed by atoms with Crippen LogP contribution in [0.2, 0.25) is 0 Å². The third kappa shape index (κ3) is 12.4. The number of alkyl halides is 3. The van der Waals surface area contributed by atoms with Gasteiger partial charge in [-0.2, -0.15) is 13.2 Å². The van der Waals surface area contributed by atoms with Crippen LogP contribution in [0.15, 0.2) is 12.7 Å². The minimum atomic E-state index is -5.08. The second kappa shape index (κ2) is 9.78. The maximum atomic E-state index is 10.8. The lowest BCUT2D eigenvalue weighted by atomic mass is 10.2. The van der Waals surface area contributed by atoms with Crippen LogP contribution in [0.25, 0.3) is 0 Å². The molecule has 0 rings (SSSR count). The highest BCUT2D eigenvalue weighted by atomic mass is 19.4. The number of halogens is 3. The van der Waals surface area contributed by atoms with Crippen LogP contribution < -0.4 is 5.73 Å². The first-order valence-electron chi connectivity index (χ1n) is 5.07. The molecule has 0 unspecified atom stereocenters. The predicted octanol–water partition coefficient (Wildman–Crippen LogP) is 0.541. The van der Waals surface area contributed by atoms with Gasteiger partial charge in [-0.1, -0.05) is 12.7 Å². The predicted molar refractivity (Wildman–Crippen MR) is 59.7 cm³/mol. The quantitative estimate of drug-likeness (QED) is 0.482. The molecule has 10 heteroatoms. The first kappa shape index (κ1) is 20.2. The largest absolute Gasteiger partial charge is 0.490 e. The fourth-order valence-electron chi connectivity index (χ4n) is 0.621. The van der Waals surface area contributed by atoms with Crippen molar-refractivity contribution in [2.24, 2.45) is 5.73 Å². The van der Waals surface area contributed by atoms with E-state index in [-0.39, 0.29) is 19.4 Å². The van der Waals surface area contributed by atoms with Crippen LogP contribution in [0.5, 0.6) is 0 Å². The van der Waals surface area contributed by atoms with Crippen molar-refractivity contribution in [2.75, 3.05) is 6.61 Å². The zero-order valence-corrected chi connectivity index (χ0v) is 10.2. The first-order valence-corrected chi connectivity index (χ1v) is 5.07. The molecule has 0 aromatic carbocycles. The number of carboxylic acids is 2. The van der Waals surface area contributed by atoms with E-state index in [4.69, 9.17) is 20.7 Å². The molecule has 0 bridgehead atoms. The van der Waals surface area contributed by atoms with E-state index in [9.17, 15) is 22.8 Å². The van der Waals surface area contributed by atoms with Crippen LogP contribution in [0.1, 0.15) is 12.8 Å². The molecule has 0 fully saturated rings. The van der Waals surface area contributed by atoms with Crippen molar-refractivity contribution < 1.29 is 42.5 Å². The van der Waals surface area contributed by atoms with Gasteiger partial charge in [0.15, 0.2) is 0 Å². The summed E-state index contributed by atoms with van der Waals surface area (Å²) in [6.45, 7) is 3.50. The molecule has 116 valence electrons. The SMILES string of the molecule is C=CCOC(=O)CC[C@@H](N)C(=O)O.O=C(O)C(F)(F)F. The average molecular weight is 301 g/mol. The second-order valence-corrected chi connectivity index (χ2v) is 3.26. The number of esters is 1. The van der Waals surface area contributed by atoms with Crippen LogP contribution in [-0.4, -0.2) is 46.9 Å². The lowest BCUT2D eigenvalue weighted by Crippen LogP contribution is -2.30. The summed E-state index contributed by atoms with van der Waals surface area (Å²) in [7, 11) is 0. The Balaban J connectivity index is 0. The van der Waals surface area contributed by atoms with Crippen molar-refractivity contribution in [2.45, 2.75) is 25.1 Å². The van der Waals surface area contributed by atoms with Crippen molar-refractivity contribution in [3.8, 4) is 0 Å². The van der Waals surface area contributed by atoms with Crippen molar-refractivity contribution >= 4 is 17.9 Å². The van der Waals surface area contributed by atoms with Gasteiger partial charge in [-0.05, 0) is 6.42 Å². The molecule has 4 N–H and O–H groups in total. The van der Waals surface area contributed by atoms with Crippen molar-refractivity contribution in [3.05, 3.63) is 12.7 Å². The summed E-state index contributed by atoms with van der Waals surface area (Å²) in [4.78, 5) is 29.9. The molecule has 7 nitrogen and oxygen atoms in total. The van der Waals surface area contributed by atoms with Gasteiger partial charge in [0.2, 0.25) is 0 Å². The Bertz CT molecular complexity index is 355. The van der Waals surface area contributed by atoms with Gasteiger partial charge < -0.3 is 20.7 Å². The Labute approximate surface area is 111 Å². The van der Waals surface area contributed by atoms with Gasteiger partial charge in [-0.15, -0.1) is 0 Å². The van der Waals surface area contributed by atoms with Gasteiger partial charge in [0, 0.05) is 6.42 Å². The van der Waals surface area contributed by atoms with E-state index in [0.29, 0.717) is 0 Å². The highest BCUT2D eigenvalue weighted by molar-refractivity contribution is 5.75. The van der Waals surface area contributed by atoms with E-state index >= 15 is 0 Å². The third-order valence-corrected chi connectivity index (χ3v) is 1.58. The number of hydrogen-bond donors (Lipinski definition) is 3. The number of ether oxygens (including phenoxy) is 1. The van der Waals surface area contributed by atoms with Crippen LogP contribution in [0.3, 0.4) is 0 Å². The first-order chi connectivity index (χ1) is 9.02. The van der Waals surface area contributed by atoms with Gasteiger partial charge in [0.1, 0.15) is 12.6 Å². The summed E-state index contributed by atoms with van der Waals surface area (Å²) in [5.41, 5.74) is 5.17. The minimum absolute atomic E-state index is 0.0152. The molecule has 0 aliphatic rings. The van der Waals surface area contributed by atoms with E-state index < -0.39 is 30.1 Å². The maximum Gasteiger partial charge on any atom is 0.490 e. The lowest BCUT2D eigenvalue weighted by molar-refractivity contribution is -0.192. The molecule has 0 aromatic rings. The van der Waals surface area contributed by atoms with E-state index in [1.165, 1.54) is 6.08 Å². The summed E-state index contributed by atoms with van der Waals surface area (Å²) in [5.74, 6) is -4.33. The number of nitrogens with two attached hydrogens (primary N) is 1. The average Bonchev–Trinajstić information content (AvgIpc) is 2.32. The van der Waals surface area contributed by atoms with Crippen LogP contribution in [-0.2, 0) is 19.1 Å². The summed E-state index contributed by atoms with van der Waals surface area (Å²) in [6.07, 6.45) is -3.54. The summed E-state index contributed by atoms with van der Waals surface area (Å²) < 4.78 is 36.4. The topological polar surface area (TPSA) is 127 Å². The highest BCUT2D eigenvalue weighted by Crippen LogP contribution is 2.13. The van der Waals surface area contributed by atoms with Gasteiger partial charge in [0.05, 0.1) is 0 Å². The van der Waals surface area contributed by atoms with Crippen molar-refractivity contribution in [1.29, 1.82) is 0 Å². The van der Waals surface area contributed by atoms with E-state index in [2.05, 4.69) is 11.3 Å². The fourth-order valence-corrected chi connectivity index (χ4v) is 0.621. The Morgan fingerprint density at radius 1 is 1.30 bits per heavy atom.